The number of esters is 1. The zero-order valence-electron chi connectivity index (χ0n) is 15.9. The van der Waals surface area contributed by atoms with E-state index in [1.165, 1.54) is 28.6 Å². The lowest BCUT2D eigenvalue weighted by molar-refractivity contribution is -0.138. The molecule has 2 aromatic carbocycles. The maximum Gasteiger partial charge on any atom is 0.417 e. The molecule has 30 heavy (non-hydrogen) atoms. The van der Waals surface area contributed by atoms with Crippen molar-refractivity contribution >= 4 is 27.5 Å². The molecule has 10 heteroatoms. The molecule has 0 saturated carbocycles. The van der Waals surface area contributed by atoms with Gasteiger partial charge in [-0.2, -0.15) is 13.2 Å². The van der Waals surface area contributed by atoms with Gasteiger partial charge in [-0.25, -0.2) is 13.2 Å². The molecule has 1 aliphatic rings. The van der Waals surface area contributed by atoms with Crippen LogP contribution in [0.4, 0.5) is 18.9 Å². The van der Waals surface area contributed by atoms with Crippen molar-refractivity contribution in [1.29, 1.82) is 0 Å². The lowest BCUT2D eigenvalue weighted by Gasteiger charge is -2.29. The molecule has 0 fully saturated rings. The van der Waals surface area contributed by atoms with Crippen molar-refractivity contribution in [2.75, 3.05) is 23.7 Å². The molecule has 0 aromatic heterocycles. The molecular weight excluding hydrogens is 423 g/mol. The number of ether oxygens (including phenoxy) is 1. The van der Waals surface area contributed by atoms with Gasteiger partial charge in [-0.3, -0.25) is 9.10 Å². The number of halogens is 3. The average molecular weight is 441 g/mol. The normalized spacial score (nSPS) is 14.2. The van der Waals surface area contributed by atoms with Crippen LogP contribution in [0.1, 0.15) is 38.3 Å². The molecule has 1 aliphatic heterocycles. The summed E-state index contributed by atoms with van der Waals surface area (Å²) in [5.74, 6) is -1.86. The number of nitrogens with zero attached hydrogens (tertiary/aromatic N) is 1. The highest BCUT2D eigenvalue weighted by molar-refractivity contribution is 7.92. The first-order valence-corrected chi connectivity index (χ1v) is 10.8. The van der Waals surface area contributed by atoms with E-state index in [0.29, 0.717) is 30.6 Å². The minimum Gasteiger partial charge on any atom is -0.454 e. The molecule has 0 atom stereocenters. The van der Waals surface area contributed by atoms with Crippen molar-refractivity contribution in [2.24, 2.45) is 0 Å². The zero-order chi connectivity index (χ0) is 22.1. The molecule has 160 valence electrons. The van der Waals surface area contributed by atoms with Crippen LogP contribution in [0.15, 0.2) is 42.5 Å². The number of fused-ring (bicyclic) bond motifs is 1. The van der Waals surface area contributed by atoms with Crippen LogP contribution in [0, 0.1) is 0 Å². The van der Waals surface area contributed by atoms with E-state index in [1.807, 2.05) is 0 Å². The lowest BCUT2D eigenvalue weighted by atomic mass is 9.99. The van der Waals surface area contributed by atoms with Crippen molar-refractivity contribution in [3.05, 3.63) is 64.7 Å². The number of benzene rings is 2. The van der Waals surface area contributed by atoms with Crippen molar-refractivity contribution < 1.29 is 35.9 Å². The molecular formula is C20H18F3NO5S. The van der Waals surface area contributed by atoms with Crippen molar-refractivity contribution in [3.8, 4) is 0 Å². The summed E-state index contributed by atoms with van der Waals surface area (Å²) in [6.45, 7) is -0.394. The minimum absolute atomic E-state index is 0.181. The molecule has 0 radical (unpaired) electrons. The van der Waals surface area contributed by atoms with Crippen LogP contribution in [-0.4, -0.2) is 39.6 Å². The third-order valence-corrected chi connectivity index (χ3v) is 5.84. The van der Waals surface area contributed by atoms with Gasteiger partial charge >= 0.3 is 12.1 Å². The van der Waals surface area contributed by atoms with Gasteiger partial charge in [-0.05, 0) is 48.7 Å². The van der Waals surface area contributed by atoms with Gasteiger partial charge in [-0.15, -0.1) is 0 Å². The van der Waals surface area contributed by atoms with Crippen LogP contribution < -0.4 is 4.31 Å². The van der Waals surface area contributed by atoms with Gasteiger partial charge in [0.05, 0.1) is 23.1 Å². The highest BCUT2D eigenvalue weighted by Crippen LogP contribution is 2.32. The fourth-order valence-electron chi connectivity index (χ4n) is 3.28. The average Bonchev–Trinajstić information content (AvgIpc) is 2.69. The van der Waals surface area contributed by atoms with Gasteiger partial charge in [0.2, 0.25) is 10.0 Å². The Balaban J connectivity index is 1.75. The monoisotopic (exact) mass is 441 g/mol. The van der Waals surface area contributed by atoms with Crippen molar-refractivity contribution in [2.45, 2.75) is 19.0 Å². The molecule has 0 N–H and O–H groups in total. The van der Waals surface area contributed by atoms with Gasteiger partial charge in [0, 0.05) is 12.1 Å². The topological polar surface area (TPSA) is 80.8 Å². The highest BCUT2D eigenvalue weighted by atomic mass is 32.2. The number of hydrogen-bond donors (Lipinski definition) is 0. The largest absolute Gasteiger partial charge is 0.454 e. The SMILES string of the molecule is CS(=O)(=O)N1CCCc2cc(C(=O)COC(=O)c3ccccc3C(F)(F)F)ccc21. The Kier molecular flexibility index (Phi) is 5.89. The van der Waals surface area contributed by atoms with E-state index < -0.39 is 45.7 Å². The summed E-state index contributed by atoms with van der Waals surface area (Å²) in [6, 6.07) is 8.59. The Morgan fingerprint density at radius 1 is 1.13 bits per heavy atom. The Labute approximate surface area is 171 Å². The maximum atomic E-state index is 13.0. The molecule has 0 saturated heterocycles. The molecule has 1 heterocycles. The van der Waals surface area contributed by atoms with Crippen LogP contribution >= 0.6 is 0 Å². The predicted molar refractivity (Wildman–Crippen MR) is 103 cm³/mol. The second-order valence-corrected chi connectivity index (χ2v) is 8.73. The number of Topliss-reactive ketones (excluding diaryl/α,β-unsaturated/α-hetero) is 1. The number of sulfonamides is 1. The van der Waals surface area contributed by atoms with E-state index in [4.69, 9.17) is 4.74 Å². The summed E-state index contributed by atoms with van der Waals surface area (Å²) in [5, 5.41) is 0. The third kappa shape index (κ3) is 4.64. The van der Waals surface area contributed by atoms with Crippen molar-refractivity contribution in [3.63, 3.8) is 0 Å². The number of alkyl halides is 3. The van der Waals surface area contributed by atoms with E-state index >= 15 is 0 Å². The lowest BCUT2D eigenvalue weighted by Crippen LogP contribution is -2.34. The van der Waals surface area contributed by atoms with Crippen LogP contribution in [0.5, 0.6) is 0 Å². The molecule has 0 unspecified atom stereocenters. The van der Waals surface area contributed by atoms with Crippen LogP contribution in [-0.2, 0) is 27.4 Å². The Hall–Kier alpha value is -2.88. The Morgan fingerprint density at radius 3 is 2.50 bits per heavy atom. The summed E-state index contributed by atoms with van der Waals surface area (Å²) in [7, 11) is -3.45. The summed E-state index contributed by atoms with van der Waals surface area (Å²) >= 11 is 0. The molecule has 0 amide bonds. The first kappa shape index (κ1) is 21.8. The molecule has 6 nitrogen and oxygen atoms in total. The summed E-state index contributed by atoms with van der Waals surface area (Å²) < 4.78 is 68.9. The van der Waals surface area contributed by atoms with Crippen LogP contribution in [0.3, 0.4) is 0 Å². The van der Waals surface area contributed by atoms with E-state index in [9.17, 15) is 31.2 Å². The number of ketones is 1. The molecule has 0 aliphatic carbocycles. The quantitative estimate of drug-likeness (QED) is 0.525. The fourth-order valence-corrected chi connectivity index (χ4v) is 4.28. The summed E-state index contributed by atoms with van der Waals surface area (Å²) in [4.78, 5) is 24.5. The van der Waals surface area contributed by atoms with E-state index in [2.05, 4.69) is 0 Å². The molecule has 0 spiro atoms. The van der Waals surface area contributed by atoms with Gasteiger partial charge in [-0.1, -0.05) is 12.1 Å². The minimum atomic E-state index is -4.73. The number of aryl methyl sites for hydroxylation is 1. The van der Waals surface area contributed by atoms with Crippen LogP contribution in [0.2, 0.25) is 0 Å². The van der Waals surface area contributed by atoms with Gasteiger partial charge in [0.25, 0.3) is 0 Å². The number of carbonyl (C=O) groups is 2. The number of rotatable bonds is 5. The zero-order valence-corrected chi connectivity index (χ0v) is 16.7. The molecule has 3 rings (SSSR count). The standard InChI is InChI=1S/C20H18F3NO5S/c1-30(27,28)24-10-4-5-13-11-14(8-9-17(13)24)18(25)12-29-19(26)15-6-2-3-7-16(15)20(21,22)23/h2-3,6-9,11H,4-5,10,12H2,1H3. The second kappa shape index (κ2) is 8.10. The van der Waals surface area contributed by atoms with E-state index in [1.54, 1.807) is 0 Å². The van der Waals surface area contributed by atoms with Gasteiger partial charge in [0.15, 0.2) is 12.4 Å². The first-order chi connectivity index (χ1) is 14.0. The first-order valence-electron chi connectivity index (χ1n) is 8.95. The Morgan fingerprint density at radius 2 is 1.83 bits per heavy atom. The van der Waals surface area contributed by atoms with Crippen molar-refractivity contribution in [1.82, 2.24) is 0 Å². The number of anilines is 1. The maximum absolute atomic E-state index is 13.0. The van der Waals surface area contributed by atoms with Crippen LogP contribution in [0.25, 0.3) is 0 Å². The summed E-state index contributed by atoms with van der Waals surface area (Å²) in [5.41, 5.74) is -0.493. The van der Waals surface area contributed by atoms with Gasteiger partial charge < -0.3 is 4.74 Å². The number of carbonyl (C=O) groups excluding carboxylic acids is 2. The predicted octanol–water partition coefficient (Wildman–Crippen LogP) is 3.46. The van der Waals surface area contributed by atoms with E-state index in [0.717, 1.165) is 24.5 Å². The number of hydrogen-bond acceptors (Lipinski definition) is 5. The Bertz CT molecular complexity index is 1100. The van der Waals surface area contributed by atoms with Gasteiger partial charge in [0.1, 0.15) is 0 Å². The molecule has 0 bridgehead atoms. The second-order valence-electron chi connectivity index (χ2n) is 6.82. The fraction of sp³-hybridized carbons (Fsp3) is 0.300. The smallest absolute Gasteiger partial charge is 0.417 e. The molecule has 2 aromatic rings. The third-order valence-electron chi connectivity index (χ3n) is 4.66. The van der Waals surface area contributed by atoms with E-state index in [-0.39, 0.29) is 5.56 Å². The summed E-state index contributed by atoms with van der Waals surface area (Å²) in [6.07, 6.45) is -2.48. The highest BCUT2D eigenvalue weighted by Gasteiger charge is 2.35.